The second-order valence-electron chi connectivity index (χ2n) is 3.80. The Morgan fingerprint density at radius 3 is 3.12 bits per heavy atom. The number of benzene rings is 1. The molecule has 0 unspecified atom stereocenters. The quantitative estimate of drug-likeness (QED) is 0.794. The van der Waals surface area contributed by atoms with Gasteiger partial charge in [-0.25, -0.2) is 0 Å². The number of carbonyl (C=O) groups excluding carboxylic acids is 1. The number of hydrogen-bond acceptors (Lipinski definition) is 3. The molecule has 86 valence electrons. The van der Waals surface area contributed by atoms with Gasteiger partial charge in [-0.15, -0.1) is 0 Å². The van der Waals surface area contributed by atoms with E-state index in [4.69, 9.17) is 4.74 Å². The third kappa shape index (κ3) is 2.33. The van der Waals surface area contributed by atoms with Gasteiger partial charge in [0.2, 0.25) is 5.91 Å². The molecule has 1 heterocycles. The van der Waals surface area contributed by atoms with E-state index in [1.807, 2.05) is 29.2 Å². The van der Waals surface area contributed by atoms with Gasteiger partial charge < -0.3 is 15.0 Å². The molecule has 0 aliphatic carbocycles. The topological polar surface area (TPSA) is 41.6 Å². The van der Waals surface area contributed by atoms with Crippen molar-refractivity contribution in [2.75, 3.05) is 26.7 Å². The molecule has 0 bridgehead atoms. The highest BCUT2D eigenvalue weighted by Crippen LogP contribution is 2.22. The Bertz CT molecular complexity index is 379. The molecular weight excluding hydrogens is 204 g/mol. The molecule has 0 saturated heterocycles. The Labute approximate surface area is 95.2 Å². The zero-order valence-electron chi connectivity index (χ0n) is 9.40. The van der Waals surface area contributed by atoms with Crippen molar-refractivity contribution in [1.82, 2.24) is 10.2 Å². The molecule has 1 amide bonds. The van der Waals surface area contributed by atoms with Gasteiger partial charge in [-0.05, 0) is 13.1 Å². The normalized spacial score (nSPS) is 14.9. The van der Waals surface area contributed by atoms with Crippen LogP contribution in [0.15, 0.2) is 24.3 Å². The van der Waals surface area contributed by atoms with Crippen molar-refractivity contribution in [2.45, 2.75) is 6.54 Å². The fourth-order valence-electron chi connectivity index (χ4n) is 1.80. The lowest BCUT2D eigenvalue weighted by molar-refractivity contribution is -0.130. The van der Waals surface area contributed by atoms with Crippen LogP contribution in [0.3, 0.4) is 0 Å². The number of para-hydroxylation sites is 1. The molecule has 0 radical (unpaired) electrons. The molecule has 0 saturated carbocycles. The maximum atomic E-state index is 11.8. The zero-order chi connectivity index (χ0) is 11.4. The van der Waals surface area contributed by atoms with E-state index < -0.39 is 0 Å². The first-order valence-electron chi connectivity index (χ1n) is 5.44. The summed E-state index contributed by atoms with van der Waals surface area (Å²) in [4.78, 5) is 13.6. The summed E-state index contributed by atoms with van der Waals surface area (Å²) < 4.78 is 5.59. The highest BCUT2D eigenvalue weighted by molar-refractivity contribution is 5.78. The number of hydrogen-bond donors (Lipinski definition) is 1. The highest BCUT2D eigenvalue weighted by atomic mass is 16.5. The lowest BCUT2D eigenvalue weighted by Crippen LogP contribution is -2.37. The van der Waals surface area contributed by atoms with E-state index in [2.05, 4.69) is 5.32 Å². The number of nitrogens with one attached hydrogen (secondary N) is 1. The smallest absolute Gasteiger partial charge is 0.236 e. The third-order valence-corrected chi connectivity index (χ3v) is 2.63. The first-order chi connectivity index (χ1) is 7.81. The van der Waals surface area contributed by atoms with Crippen molar-refractivity contribution >= 4 is 5.91 Å². The first-order valence-corrected chi connectivity index (χ1v) is 5.44. The van der Waals surface area contributed by atoms with Crippen molar-refractivity contribution in [1.29, 1.82) is 0 Å². The van der Waals surface area contributed by atoms with E-state index in [1.165, 1.54) is 0 Å². The van der Waals surface area contributed by atoms with Gasteiger partial charge in [-0.3, -0.25) is 4.79 Å². The zero-order valence-corrected chi connectivity index (χ0v) is 9.40. The second kappa shape index (κ2) is 4.99. The summed E-state index contributed by atoms with van der Waals surface area (Å²) in [5.74, 6) is 1.00. The molecule has 1 aromatic rings. The van der Waals surface area contributed by atoms with Crippen LogP contribution in [-0.4, -0.2) is 37.6 Å². The van der Waals surface area contributed by atoms with Crippen LogP contribution in [0.1, 0.15) is 5.56 Å². The average molecular weight is 220 g/mol. The van der Waals surface area contributed by atoms with Crippen LogP contribution in [0.5, 0.6) is 5.75 Å². The number of fused-ring (bicyclic) bond motifs is 1. The Morgan fingerprint density at radius 1 is 1.50 bits per heavy atom. The van der Waals surface area contributed by atoms with E-state index >= 15 is 0 Å². The molecule has 0 aromatic heterocycles. The van der Waals surface area contributed by atoms with Crippen LogP contribution in [0.4, 0.5) is 0 Å². The maximum Gasteiger partial charge on any atom is 0.236 e. The molecule has 1 aliphatic heterocycles. The Morgan fingerprint density at radius 2 is 2.31 bits per heavy atom. The summed E-state index contributed by atoms with van der Waals surface area (Å²) in [6.45, 7) is 2.22. The average Bonchev–Trinajstić information content (AvgIpc) is 2.51. The third-order valence-electron chi connectivity index (χ3n) is 2.63. The fourth-order valence-corrected chi connectivity index (χ4v) is 1.80. The molecule has 4 heteroatoms. The van der Waals surface area contributed by atoms with Crippen LogP contribution in [0.2, 0.25) is 0 Å². The standard InChI is InChI=1S/C12H16N2O2/c1-13-8-12(15)14-6-7-16-11-5-3-2-4-10(11)9-14/h2-5,13H,6-9H2,1H3. The Kier molecular flexibility index (Phi) is 3.41. The highest BCUT2D eigenvalue weighted by Gasteiger charge is 2.18. The van der Waals surface area contributed by atoms with Gasteiger partial charge in [-0.2, -0.15) is 0 Å². The van der Waals surface area contributed by atoms with Crippen molar-refractivity contribution in [3.05, 3.63) is 29.8 Å². The van der Waals surface area contributed by atoms with Crippen LogP contribution < -0.4 is 10.1 Å². The number of ether oxygens (including phenoxy) is 1. The fraction of sp³-hybridized carbons (Fsp3) is 0.417. The molecule has 0 atom stereocenters. The number of nitrogens with zero attached hydrogens (tertiary/aromatic N) is 1. The van der Waals surface area contributed by atoms with Crippen LogP contribution >= 0.6 is 0 Å². The Hall–Kier alpha value is -1.55. The molecule has 0 spiro atoms. The van der Waals surface area contributed by atoms with Crippen molar-refractivity contribution in [3.63, 3.8) is 0 Å². The monoisotopic (exact) mass is 220 g/mol. The van der Waals surface area contributed by atoms with E-state index in [9.17, 15) is 4.79 Å². The van der Waals surface area contributed by atoms with Gasteiger partial charge >= 0.3 is 0 Å². The van der Waals surface area contributed by atoms with Gasteiger partial charge in [0.15, 0.2) is 0 Å². The number of carbonyl (C=O) groups is 1. The van der Waals surface area contributed by atoms with Crippen molar-refractivity contribution < 1.29 is 9.53 Å². The van der Waals surface area contributed by atoms with Crippen LogP contribution in [-0.2, 0) is 11.3 Å². The summed E-state index contributed by atoms with van der Waals surface area (Å²) in [6, 6.07) is 7.86. The lowest BCUT2D eigenvalue weighted by atomic mass is 10.2. The molecule has 1 N–H and O–H groups in total. The van der Waals surface area contributed by atoms with E-state index in [0.29, 0.717) is 26.2 Å². The Balaban J connectivity index is 2.13. The van der Waals surface area contributed by atoms with Crippen molar-refractivity contribution in [2.24, 2.45) is 0 Å². The molecular formula is C12H16N2O2. The maximum absolute atomic E-state index is 11.8. The molecule has 4 nitrogen and oxygen atoms in total. The first kappa shape index (κ1) is 11.0. The van der Waals surface area contributed by atoms with E-state index in [0.717, 1.165) is 11.3 Å². The van der Waals surface area contributed by atoms with E-state index in [-0.39, 0.29) is 5.91 Å². The van der Waals surface area contributed by atoms with Gasteiger partial charge in [0.1, 0.15) is 12.4 Å². The molecule has 2 rings (SSSR count). The predicted molar refractivity (Wildman–Crippen MR) is 61.3 cm³/mol. The minimum Gasteiger partial charge on any atom is -0.491 e. The molecule has 16 heavy (non-hydrogen) atoms. The van der Waals surface area contributed by atoms with Gasteiger partial charge in [0.05, 0.1) is 13.1 Å². The van der Waals surface area contributed by atoms with Gasteiger partial charge in [-0.1, -0.05) is 18.2 Å². The lowest BCUT2D eigenvalue weighted by Gasteiger charge is -2.19. The number of likely N-dealkylation sites (N-methyl/N-ethyl adjacent to an activating group) is 1. The SMILES string of the molecule is CNCC(=O)N1CCOc2ccccc2C1. The summed E-state index contributed by atoms with van der Waals surface area (Å²) in [5, 5.41) is 2.88. The minimum absolute atomic E-state index is 0.114. The van der Waals surface area contributed by atoms with Crippen molar-refractivity contribution in [3.8, 4) is 5.75 Å². The van der Waals surface area contributed by atoms with Crippen LogP contribution in [0, 0.1) is 0 Å². The predicted octanol–water partition coefficient (Wildman–Crippen LogP) is 0.627. The summed E-state index contributed by atoms with van der Waals surface area (Å²) >= 11 is 0. The number of amides is 1. The van der Waals surface area contributed by atoms with Crippen LogP contribution in [0.25, 0.3) is 0 Å². The number of rotatable bonds is 2. The minimum atomic E-state index is 0.114. The second-order valence-corrected chi connectivity index (χ2v) is 3.80. The summed E-state index contributed by atoms with van der Waals surface area (Å²) in [7, 11) is 1.78. The molecule has 0 fully saturated rings. The largest absolute Gasteiger partial charge is 0.491 e. The van der Waals surface area contributed by atoms with Gasteiger partial charge in [0, 0.05) is 12.1 Å². The van der Waals surface area contributed by atoms with Gasteiger partial charge in [0.25, 0.3) is 0 Å². The summed E-state index contributed by atoms with van der Waals surface area (Å²) in [6.07, 6.45) is 0. The molecule has 1 aromatic carbocycles. The molecule has 1 aliphatic rings. The summed E-state index contributed by atoms with van der Waals surface area (Å²) in [5.41, 5.74) is 1.07. The van der Waals surface area contributed by atoms with E-state index in [1.54, 1.807) is 7.05 Å².